The van der Waals surface area contributed by atoms with Gasteiger partial charge in [-0.15, -0.1) is 0 Å². The van der Waals surface area contributed by atoms with Crippen LogP contribution in [0.1, 0.15) is 41.4 Å². The molecule has 1 atom stereocenters. The molecule has 42 heavy (non-hydrogen) atoms. The first-order chi connectivity index (χ1) is 20.0. The number of benzene rings is 2. The molecular weight excluding hydrogens is 561 g/mol. The number of alkyl halides is 3. The van der Waals surface area contributed by atoms with Crippen LogP contribution < -0.4 is 20.7 Å². The van der Waals surface area contributed by atoms with Gasteiger partial charge in [-0.25, -0.2) is 4.79 Å². The summed E-state index contributed by atoms with van der Waals surface area (Å²) in [6.07, 6.45) is -3.70. The van der Waals surface area contributed by atoms with Gasteiger partial charge in [0.25, 0.3) is 11.5 Å². The number of esters is 1. The highest BCUT2D eigenvalue weighted by Crippen LogP contribution is 2.30. The number of carbonyl (C=O) groups excluding carboxylic acids is 2. The van der Waals surface area contributed by atoms with Gasteiger partial charge < -0.3 is 19.1 Å². The van der Waals surface area contributed by atoms with Crippen molar-refractivity contribution in [2.45, 2.75) is 32.5 Å². The van der Waals surface area contributed by atoms with E-state index in [1.165, 1.54) is 43.4 Å². The Morgan fingerprint density at radius 1 is 1.05 bits per heavy atom. The minimum absolute atomic E-state index is 0.00725. The van der Waals surface area contributed by atoms with E-state index < -0.39 is 53.0 Å². The second-order valence-corrected chi connectivity index (χ2v) is 9.51. The SMILES string of the molecule is CCOC(=O)[C@H]1CCCN(C(=O)c2nn(-c3ccc(OC)c(OC)c3)c(=O)n(Cc3cccc(C(F)(F)F)c3)c2=O)C1. The zero-order valence-electron chi connectivity index (χ0n) is 23.1. The molecule has 3 aromatic rings. The van der Waals surface area contributed by atoms with Gasteiger partial charge in [0.05, 0.1) is 44.5 Å². The average Bonchev–Trinajstić information content (AvgIpc) is 2.98. The maximum Gasteiger partial charge on any atom is 0.416 e. The molecule has 11 nitrogen and oxygen atoms in total. The van der Waals surface area contributed by atoms with Gasteiger partial charge in [-0.05, 0) is 49.6 Å². The second kappa shape index (κ2) is 12.5. The van der Waals surface area contributed by atoms with Crippen LogP contribution in [0.2, 0.25) is 0 Å². The summed E-state index contributed by atoms with van der Waals surface area (Å²) >= 11 is 0. The van der Waals surface area contributed by atoms with E-state index in [2.05, 4.69) is 5.10 Å². The van der Waals surface area contributed by atoms with Crippen molar-refractivity contribution >= 4 is 11.9 Å². The van der Waals surface area contributed by atoms with Gasteiger partial charge in [0.15, 0.2) is 11.5 Å². The number of piperidine rings is 1. The topological polar surface area (TPSA) is 122 Å². The summed E-state index contributed by atoms with van der Waals surface area (Å²) in [6, 6.07) is 8.51. The highest BCUT2D eigenvalue weighted by Gasteiger charge is 2.33. The van der Waals surface area contributed by atoms with Crippen LogP contribution in [-0.4, -0.2) is 65.0 Å². The number of nitrogens with zero attached hydrogens (tertiary/aromatic N) is 4. The van der Waals surface area contributed by atoms with Gasteiger partial charge in [0.1, 0.15) is 0 Å². The largest absolute Gasteiger partial charge is 0.493 e. The van der Waals surface area contributed by atoms with E-state index >= 15 is 0 Å². The molecule has 14 heteroatoms. The molecule has 224 valence electrons. The fraction of sp³-hybridized carbons (Fsp3) is 0.393. The molecule has 1 saturated heterocycles. The molecule has 1 fully saturated rings. The zero-order valence-corrected chi connectivity index (χ0v) is 23.1. The Labute approximate surface area is 238 Å². The molecular formula is C28H29F3N4O7. The number of methoxy groups -OCH3 is 2. The van der Waals surface area contributed by atoms with Crippen LogP contribution in [0.15, 0.2) is 52.1 Å². The van der Waals surface area contributed by atoms with Gasteiger partial charge in [-0.1, -0.05) is 12.1 Å². The Bertz CT molecular complexity index is 1600. The van der Waals surface area contributed by atoms with Crippen LogP contribution in [0.5, 0.6) is 11.5 Å². The molecule has 2 heterocycles. The summed E-state index contributed by atoms with van der Waals surface area (Å²) in [5.74, 6) is -1.35. The lowest BCUT2D eigenvalue weighted by Crippen LogP contribution is -2.49. The van der Waals surface area contributed by atoms with Crippen molar-refractivity contribution in [1.82, 2.24) is 19.2 Å². The third-order valence-electron chi connectivity index (χ3n) is 6.80. The standard InChI is InChI=1S/C28H29F3N4O7/c1-4-42-26(38)18-8-6-12-33(16-18)24(36)23-25(37)34(15-17-7-5-9-19(13-17)28(29,30)31)27(39)35(32-23)20-10-11-21(40-2)22(14-20)41-3/h5,7,9-11,13-14,18H,4,6,8,12,15-16H2,1-3H3/t18-/m0/s1. The van der Waals surface area contributed by atoms with Crippen molar-refractivity contribution in [3.63, 3.8) is 0 Å². The van der Waals surface area contributed by atoms with E-state index in [-0.39, 0.29) is 36.7 Å². The van der Waals surface area contributed by atoms with E-state index in [1.807, 2.05) is 0 Å². The summed E-state index contributed by atoms with van der Waals surface area (Å²) in [5.41, 5.74) is -3.57. The van der Waals surface area contributed by atoms with Crippen LogP contribution in [0.4, 0.5) is 13.2 Å². The Morgan fingerprint density at radius 2 is 1.79 bits per heavy atom. The van der Waals surface area contributed by atoms with Gasteiger partial charge in [-0.2, -0.15) is 23.0 Å². The predicted octanol–water partition coefficient (Wildman–Crippen LogP) is 2.89. The van der Waals surface area contributed by atoms with Crippen molar-refractivity contribution in [1.29, 1.82) is 0 Å². The minimum Gasteiger partial charge on any atom is -0.493 e. The molecule has 0 saturated carbocycles. The third kappa shape index (κ3) is 6.31. The fourth-order valence-electron chi connectivity index (χ4n) is 4.71. The normalized spacial score (nSPS) is 15.3. The maximum absolute atomic E-state index is 13.6. The third-order valence-corrected chi connectivity index (χ3v) is 6.80. The Hall–Kier alpha value is -4.62. The number of likely N-dealkylation sites (tertiary alicyclic amines) is 1. The van der Waals surface area contributed by atoms with E-state index in [0.717, 1.165) is 22.9 Å². The van der Waals surface area contributed by atoms with Crippen LogP contribution in [0.3, 0.4) is 0 Å². The summed E-state index contributed by atoms with van der Waals surface area (Å²) in [6.45, 7) is 1.46. The van der Waals surface area contributed by atoms with Gasteiger partial charge in [0, 0.05) is 19.2 Å². The molecule has 0 N–H and O–H groups in total. The Kier molecular flexibility index (Phi) is 9.02. The number of hydrogen-bond acceptors (Lipinski definition) is 8. The number of hydrogen-bond donors (Lipinski definition) is 0. The molecule has 4 rings (SSSR count). The monoisotopic (exact) mass is 590 g/mol. The van der Waals surface area contributed by atoms with Crippen molar-refractivity contribution < 1.29 is 37.0 Å². The maximum atomic E-state index is 13.6. The number of halogens is 3. The first-order valence-corrected chi connectivity index (χ1v) is 13.1. The predicted molar refractivity (Wildman–Crippen MR) is 143 cm³/mol. The highest BCUT2D eigenvalue weighted by molar-refractivity contribution is 5.92. The van der Waals surface area contributed by atoms with Crippen LogP contribution in [0.25, 0.3) is 5.69 Å². The summed E-state index contributed by atoms with van der Waals surface area (Å²) < 4.78 is 57.1. The molecule has 1 aliphatic heterocycles. The second-order valence-electron chi connectivity index (χ2n) is 9.51. The molecule has 0 aliphatic carbocycles. The van der Waals surface area contributed by atoms with Crippen molar-refractivity contribution in [3.8, 4) is 17.2 Å². The molecule has 1 amide bonds. The lowest BCUT2D eigenvalue weighted by Gasteiger charge is -2.31. The van der Waals surface area contributed by atoms with E-state index in [0.29, 0.717) is 23.2 Å². The van der Waals surface area contributed by atoms with Gasteiger partial charge >= 0.3 is 17.8 Å². The van der Waals surface area contributed by atoms with E-state index in [1.54, 1.807) is 6.92 Å². The summed E-state index contributed by atoms with van der Waals surface area (Å²) in [7, 11) is 2.79. The van der Waals surface area contributed by atoms with E-state index in [9.17, 15) is 32.3 Å². The number of amides is 1. The molecule has 0 spiro atoms. The Balaban J connectivity index is 1.84. The molecule has 0 radical (unpaired) electrons. The van der Waals surface area contributed by atoms with Crippen molar-refractivity contribution in [3.05, 3.63) is 80.1 Å². The number of aromatic nitrogens is 3. The molecule has 0 bridgehead atoms. The van der Waals surface area contributed by atoms with E-state index in [4.69, 9.17) is 14.2 Å². The van der Waals surface area contributed by atoms with Gasteiger partial charge in [0.2, 0.25) is 5.69 Å². The Morgan fingerprint density at radius 3 is 2.45 bits per heavy atom. The first kappa shape index (κ1) is 30.3. The van der Waals surface area contributed by atoms with Crippen LogP contribution >= 0.6 is 0 Å². The van der Waals surface area contributed by atoms with Crippen molar-refractivity contribution in [2.75, 3.05) is 33.9 Å². The van der Waals surface area contributed by atoms with Crippen molar-refractivity contribution in [2.24, 2.45) is 5.92 Å². The molecule has 1 aliphatic rings. The lowest BCUT2D eigenvalue weighted by molar-refractivity contribution is -0.149. The zero-order chi connectivity index (χ0) is 30.6. The van der Waals surface area contributed by atoms with Gasteiger partial charge in [-0.3, -0.25) is 19.0 Å². The minimum atomic E-state index is -4.65. The number of ether oxygens (including phenoxy) is 3. The van der Waals surface area contributed by atoms with Crippen LogP contribution in [0, 0.1) is 5.92 Å². The average molecular weight is 591 g/mol. The number of rotatable bonds is 8. The van der Waals surface area contributed by atoms with Crippen LogP contribution in [-0.2, 0) is 22.3 Å². The summed E-state index contributed by atoms with van der Waals surface area (Å²) in [5, 5.41) is 4.10. The number of carbonyl (C=O) groups is 2. The molecule has 1 aromatic heterocycles. The molecule has 0 unspecified atom stereocenters. The quantitative estimate of drug-likeness (QED) is 0.367. The smallest absolute Gasteiger partial charge is 0.416 e. The molecule has 2 aromatic carbocycles. The highest BCUT2D eigenvalue weighted by atomic mass is 19.4. The first-order valence-electron chi connectivity index (χ1n) is 13.1. The lowest BCUT2D eigenvalue weighted by atomic mass is 9.98. The summed E-state index contributed by atoms with van der Waals surface area (Å²) in [4.78, 5) is 54.4. The fourth-order valence-corrected chi connectivity index (χ4v) is 4.71.